The Morgan fingerprint density at radius 1 is 0.679 bits per heavy atom. The van der Waals surface area contributed by atoms with Gasteiger partial charge in [0.15, 0.2) is 0 Å². The lowest BCUT2D eigenvalue weighted by Gasteiger charge is -2.36. The van der Waals surface area contributed by atoms with E-state index >= 15 is 0 Å². The summed E-state index contributed by atoms with van der Waals surface area (Å²) in [5.74, 6) is -1.28. The van der Waals surface area contributed by atoms with E-state index < -0.39 is 42.0 Å². The Kier molecular flexibility index (Phi) is 32.0. The van der Waals surface area contributed by atoms with E-state index in [-0.39, 0.29) is 87.8 Å². The van der Waals surface area contributed by atoms with Gasteiger partial charge in [-0.15, -0.1) is 11.6 Å². The lowest BCUT2D eigenvalue weighted by Crippen LogP contribution is -2.49. The minimum atomic E-state index is -0.611. The van der Waals surface area contributed by atoms with Crippen molar-refractivity contribution >= 4 is 90.5 Å². The van der Waals surface area contributed by atoms with E-state index in [0.717, 1.165) is 17.7 Å². The van der Waals surface area contributed by atoms with Crippen LogP contribution in [0.15, 0.2) is 97.1 Å². The number of rotatable bonds is 17. The van der Waals surface area contributed by atoms with Gasteiger partial charge in [-0.05, 0) is 54.4 Å². The second-order valence-electron chi connectivity index (χ2n) is 19.0. The standard InChI is InChI=1S/C24H27FN4O4.C21H24FN3O3.C7H12ClNO3.C5H9NO2.2CH4.B.2H2/c1-17(30)26-15-20-16-29(24(32)33-20)19-7-8-22(21(25)14-19)27-9-11-28(12-10-27)23(31)13-18-5-3-2-4-6-18;1-2-28-21(27)23-17-8-9-19(18(22)15-17)24-10-12-25(13-11-24)20(26)14-16-6-4-3-5-7-16;1-5(10)9-4-7(3-8)12-6(2)11;1-4(7)6-2-5-3-8-5;;;;;/h2-8,14,20H,9-13,15-16H2,1H3,(H,26,30);3-9,15H,2,10-14H2,1H3,(H,23,27);7H,3-4H2,1-2H3,(H,9,10);5H,2-3H2,1H3,(H,6,7);2*1H4;;2*1H/t20-;;7-;5-;;;;;/m0.10...../s1/i;;;;;;;1+1;. The van der Waals surface area contributed by atoms with Crippen LogP contribution in [0, 0.1) is 11.6 Å². The van der Waals surface area contributed by atoms with Crippen LogP contribution in [0.3, 0.4) is 0 Å². The van der Waals surface area contributed by atoms with Gasteiger partial charge in [0.05, 0.1) is 74.7 Å². The quantitative estimate of drug-likeness (QED) is 0.0284. The van der Waals surface area contributed by atoms with Crippen LogP contribution in [0.4, 0.5) is 41.1 Å². The summed E-state index contributed by atoms with van der Waals surface area (Å²) >= 11 is 5.47. The molecule has 21 nitrogen and oxygen atoms in total. The number of epoxide rings is 1. The molecule has 0 bridgehead atoms. The molecule has 4 fully saturated rings. The molecule has 0 aromatic heterocycles. The van der Waals surface area contributed by atoms with Gasteiger partial charge in [0, 0.05) is 104 Å². The van der Waals surface area contributed by atoms with Crippen molar-refractivity contribution in [1.29, 1.82) is 0 Å². The number of hydrogen-bond acceptors (Lipinski definition) is 14. The number of hydrogen-bond donors (Lipinski definition) is 4. The summed E-state index contributed by atoms with van der Waals surface area (Å²) in [5.41, 5.74) is 3.62. The van der Waals surface area contributed by atoms with Gasteiger partial charge in [-0.2, -0.15) is 0 Å². The summed E-state index contributed by atoms with van der Waals surface area (Å²) in [6, 6.07) is 28.5. The fraction of sp³-hybridized carbons (Fsp3) is 0.458. The molecule has 4 aliphatic heterocycles. The average Bonchev–Trinajstić information content (AvgIpc) is 3.83. The molecule has 0 aliphatic carbocycles. The fourth-order valence-corrected chi connectivity index (χ4v) is 8.54. The zero-order valence-electron chi connectivity index (χ0n) is 46.8. The van der Waals surface area contributed by atoms with Crippen LogP contribution in [-0.2, 0) is 60.6 Å². The molecule has 4 aliphatic rings. The third-order valence-corrected chi connectivity index (χ3v) is 12.9. The Morgan fingerprint density at radius 3 is 1.56 bits per heavy atom. The molecule has 4 N–H and O–H groups in total. The Balaban J connectivity index is 0.00000123. The molecular weight excluding hydrogens is 1110 g/mol. The van der Waals surface area contributed by atoms with Crippen LogP contribution in [0.2, 0.25) is 0 Å². The number of carbonyl (C=O) groups is 8. The summed E-state index contributed by atoms with van der Waals surface area (Å²) < 4.78 is 49.1. The predicted octanol–water partition coefficient (Wildman–Crippen LogP) is 6.66. The van der Waals surface area contributed by atoms with E-state index in [4.69, 9.17) is 30.5 Å². The van der Waals surface area contributed by atoms with Gasteiger partial charge in [-0.25, -0.2) is 18.4 Å². The van der Waals surface area contributed by atoms with Crippen molar-refractivity contribution in [2.45, 2.75) is 80.6 Å². The minimum absolute atomic E-state index is 0. The van der Waals surface area contributed by atoms with Crippen LogP contribution < -0.4 is 36.0 Å². The van der Waals surface area contributed by atoms with Crippen LogP contribution in [0.1, 0.15) is 63.5 Å². The third kappa shape index (κ3) is 25.2. The highest BCUT2D eigenvalue weighted by atomic mass is 35.5. The van der Waals surface area contributed by atoms with E-state index in [1.165, 1.54) is 44.7 Å². The summed E-state index contributed by atoms with van der Waals surface area (Å²) in [6.07, 6.45) is -1.05. The van der Waals surface area contributed by atoms with Crippen molar-refractivity contribution < 1.29 is 68.9 Å². The Bertz CT molecular complexity index is 2750. The average molecular weight is 1200 g/mol. The molecule has 4 saturated heterocycles. The molecule has 461 valence electrons. The monoisotopic (exact) mass is 1200 g/mol. The largest absolute Gasteiger partial charge is 0.459 e. The first-order valence-corrected chi connectivity index (χ1v) is 27.1. The van der Waals surface area contributed by atoms with Crippen molar-refractivity contribution in [3.63, 3.8) is 0 Å². The second-order valence-corrected chi connectivity index (χ2v) is 19.3. The molecule has 8 rings (SSSR count). The number of halogens is 3. The molecule has 84 heavy (non-hydrogen) atoms. The molecule has 0 saturated carbocycles. The number of cyclic esters (lactones) is 1. The van der Waals surface area contributed by atoms with Gasteiger partial charge in [0.2, 0.25) is 29.5 Å². The molecule has 25 heteroatoms. The van der Waals surface area contributed by atoms with Crippen molar-refractivity contribution in [3.05, 3.63) is 120 Å². The third-order valence-electron chi connectivity index (χ3n) is 12.6. The summed E-state index contributed by atoms with van der Waals surface area (Å²) in [6.45, 7) is 14.0. The van der Waals surface area contributed by atoms with Crippen molar-refractivity contribution in [3.8, 4) is 0 Å². The minimum Gasteiger partial charge on any atom is -0.459 e. The maximum absolute atomic E-state index is 15.0. The lowest BCUT2D eigenvalue weighted by atomic mass is 10.1. The number of anilines is 4. The fourth-order valence-electron chi connectivity index (χ4n) is 8.36. The molecule has 4 aromatic rings. The first-order chi connectivity index (χ1) is 38.8. The van der Waals surface area contributed by atoms with Crippen molar-refractivity contribution in [2.75, 3.05) is 118 Å². The topological polar surface area (TPSA) is 241 Å². The molecular formula is C59H84BClF2N9O12. The molecule has 3 atom stereocenters. The van der Waals surface area contributed by atoms with Gasteiger partial charge in [-0.3, -0.25) is 39.0 Å². The predicted molar refractivity (Wildman–Crippen MR) is 324 cm³/mol. The van der Waals surface area contributed by atoms with E-state index in [2.05, 4.69) is 21.3 Å². The van der Waals surface area contributed by atoms with E-state index in [1.807, 2.05) is 80.3 Å². The highest BCUT2D eigenvalue weighted by Gasteiger charge is 2.33. The highest BCUT2D eigenvalue weighted by Crippen LogP contribution is 2.29. The van der Waals surface area contributed by atoms with Crippen LogP contribution >= 0.6 is 11.6 Å². The molecule has 0 spiro atoms. The number of piperazine rings is 2. The Morgan fingerprint density at radius 2 is 1.14 bits per heavy atom. The molecule has 3 radical (unpaired) electrons. The smallest absolute Gasteiger partial charge is 0.414 e. The first kappa shape index (κ1) is 72.1. The number of benzene rings is 4. The number of alkyl halides is 1. The van der Waals surface area contributed by atoms with Crippen molar-refractivity contribution in [1.82, 2.24) is 25.8 Å². The van der Waals surface area contributed by atoms with Crippen LogP contribution in [0.5, 0.6) is 0 Å². The van der Waals surface area contributed by atoms with E-state index in [0.29, 0.717) is 101 Å². The summed E-state index contributed by atoms with van der Waals surface area (Å²) in [7, 11) is 0. The SMILES string of the molecule is C.C.CC(=O)NC[C@@H](CCl)OC(C)=O.CC(=O)NC[C@H]1CN(c2ccc(N3CCN(C(=O)Cc4ccccc4)CC3)c(F)c2)C(=O)O1.CC(=O)NC[C@H]1CO1.CCOC(=O)Nc1ccc(N2CCN(C(=O)Cc3ccccc3)CC2)c(F)c1.[2HH].[B].[HH]. The number of esters is 1. The number of ether oxygens (including phenoxy) is 4. The highest BCUT2D eigenvalue weighted by molar-refractivity contribution is 6.18. The zero-order valence-corrected chi connectivity index (χ0v) is 47.6. The lowest BCUT2D eigenvalue weighted by molar-refractivity contribution is -0.145. The van der Waals surface area contributed by atoms with E-state index in [9.17, 15) is 47.1 Å². The van der Waals surface area contributed by atoms with Crippen LogP contribution in [0.25, 0.3) is 0 Å². The van der Waals surface area contributed by atoms with Gasteiger partial charge in [-0.1, -0.05) is 75.5 Å². The maximum Gasteiger partial charge on any atom is 0.414 e. The van der Waals surface area contributed by atoms with Gasteiger partial charge < -0.3 is 54.5 Å². The second kappa shape index (κ2) is 37.3. The first-order valence-electron chi connectivity index (χ1n) is 26.5. The molecule has 7 amide bonds. The number of nitrogens with one attached hydrogen (secondary N) is 4. The van der Waals surface area contributed by atoms with Gasteiger partial charge >= 0.3 is 18.2 Å². The normalized spacial score (nSPS) is 15.9. The summed E-state index contributed by atoms with van der Waals surface area (Å²) in [4.78, 5) is 99.7. The van der Waals surface area contributed by atoms with Gasteiger partial charge in [0.1, 0.15) is 23.8 Å². The Hall–Kier alpha value is -7.99. The molecule has 0 unspecified atom stereocenters. The van der Waals surface area contributed by atoms with E-state index in [1.54, 1.807) is 31.2 Å². The number of amides is 7. The summed E-state index contributed by atoms with van der Waals surface area (Å²) in [5, 5.41) is 10.2. The number of carbonyl (C=O) groups excluding carboxylic acids is 8. The maximum atomic E-state index is 15.0. The van der Waals surface area contributed by atoms with Crippen molar-refractivity contribution in [2.24, 2.45) is 0 Å². The van der Waals surface area contributed by atoms with Gasteiger partial charge in [0.25, 0.3) is 0 Å². The number of nitrogens with zero attached hydrogens (tertiary/aromatic N) is 5. The molecule has 4 aromatic carbocycles. The zero-order chi connectivity index (χ0) is 58.8. The molecule has 4 heterocycles. The van der Waals surface area contributed by atoms with Crippen LogP contribution in [-0.4, -0.2) is 182 Å². The Labute approximate surface area is 501 Å².